The Morgan fingerprint density at radius 2 is 1.62 bits per heavy atom. The zero-order valence-electron chi connectivity index (χ0n) is 20.0. The second-order valence-electron chi connectivity index (χ2n) is 9.48. The van der Waals surface area contributed by atoms with Gasteiger partial charge in [0.1, 0.15) is 11.4 Å². The molecule has 1 saturated heterocycles. The van der Waals surface area contributed by atoms with Crippen LogP contribution in [0, 0.1) is 0 Å². The second-order valence-corrected chi connectivity index (χ2v) is 9.48. The molecule has 1 fully saturated rings. The predicted molar refractivity (Wildman–Crippen MR) is 133 cm³/mol. The van der Waals surface area contributed by atoms with E-state index in [0.29, 0.717) is 23.6 Å². The molecule has 176 valence electrons. The summed E-state index contributed by atoms with van der Waals surface area (Å²) < 4.78 is 5.65. The number of hydrogen-bond acceptors (Lipinski definition) is 4. The average molecular weight is 458 g/mol. The number of nitrogens with zero attached hydrogens (tertiary/aromatic N) is 3. The Kier molecular flexibility index (Phi) is 6.96. The van der Waals surface area contributed by atoms with E-state index in [1.165, 1.54) is 4.90 Å². The van der Waals surface area contributed by atoms with Gasteiger partial charge in [0.25, 0.3) is 5.91 Å². The standard InChI is InChI=1S/C28H31N3O3/c1-28(2,3)34-27(33)31(23-14-8-5-9-15-23)25-18-17-22(20-29-25)24-16-10-11-19-30(24)26(32)21-12-6-4-7-13-21/h4-9,12-15,17-18,20,24H,10-11,16,19H2,1-3H3/t24-/m1/s1. The van der Waals surface area contributed by atoms with Crippen LogP contribution in [0.3, 0.4) is 0 Å². The third-order valence-corrected chi connectivity index (χ3v) is 5.76. The molecule has 0 aliphatic carbocycles. The van der Waals surface area contributed by atoms with Crippen LogP contribution in [0.4, 0.5) is 16.3 Å². The smallest absolute Gasteiger partial charge is 0.420 e. The fourth-order valence-electron chi connectivity index (χ4n) is 4.21. The van der Waals surface area contributed by atoms with Crippen molar-refractivity contribution in [3.63, 3.8) is 0 Å². The number of pyridine rings is 1. The number of carbonyl (C=O) groups excluding carboxylic acids is 2. The van der Waals surface area contributed by atoms with E-state index < -0.39 is 11.7 Å². The Balaban J connectivity index is 1.62. The first-order chi connectivity index (χ1) is 16.3. The summed E-state index contributed by atoms with van der Waals surface area (Å²) in [5.74, 6) is 0.509. The van der Waals surface area contributed by atoms with E-state index in [0.717, 1.165) is 24.8 Å². The maximum atomic E-state index is 13.2. The van der Waals surface area contributed by atoms with E-state index >= 15 is 0 Å². The van der Waals surface area contributed by atoms with Gasteiger partial charge in [-0.05, 0) is 75.9 Å². The highest BCUT2D eigenvalue weighted by molar-refractivity contribution is 5.95. The number of aromatic nitrogens is 1. The molecule has 1 aliphatic heterocycles. The molecule has 6 nitrogen and oxygen atoms in total. The minimum atomic E-state index is -0.634. The molecule has 3 aromatic rings. The van der Waals surface area contributed by atoms with Gasteiger partial charge in [0.2, 0.25) is 0 Å². The topological polar surface area (TPSA) is 62.7 Å². The van der Waals surface area contributed by atoms with Crippen molar-refractivity contribution in [2.45, 2.75) is 51.7 Å². The van der Waals surface area contributed by atoms with Crippen LogP contribution in [0.1, 0.15) is 62.0 Å². The van der Waals surface area contributed by atoms with Crippen molar-refractivity contribution >= 4 is 23.5 Å². The van der Waals surface area contributed by atoms with Gasteiger partial charge in [0, 0.05) is 18.3 Å². The van der Waals surface area contributed by atoms with Gasteiger partial charge in [0.15, 0.2) is 0 Å². The van der Waals surface area contributed by atoms with Crippen molar-refractivity contribution < 1.29 is 14.3 Å². The molecule has 2 aromatic carbocycles. The second kappa shape index (κ2) is 10.1. The van der Waals surface area contributed by atoms with E-state index in [9.17, 15) is 9.59 Å². The van der Waals surface area contributed by atoms with Gasteiger partial charge in [0.05, 0.1) is 11.7 Å². The molecule has 0 unspecified atom stereocenters. The Labute approximate surface area is 201 Å². The molecule has 0 radical (unpaired) electrons. The highest BCUT2D eigenvalue weighted by atomic mass is 16.6. The molecule has 4 rings (SSSR count). The summed E-state index contributed by atoms with van der Waals surface area (Å²) in [4.78, 5) is 34.3. The van der Waals surface area contributed by atoms with Crippen molar-refractivity contribution in [3.8, 4) is 0 Å². The number of amides is 2. The maximum absolute atomic E-state index is 13.2. The number of para-hydroxylation sites is 1. The first kappa shape index (κ1) is 23.5. The fraction of sp³-hybridized carbons (Fsp3) is 0.321. The van der Waals surface area contributed by atoms with Crippen LogP contribution >= 0.6 is 0 Å². The van der Waals surface area contributed by atoms with Gasteiger partial charge in [-0.25, -0.2) is 14.7 Å². The van der Waals surface area contributed by atoms with Crippen LogP contribution in [0.2, 0.25) is 0 Å². The quantitative estimate of drug-likeness (QED) is 0.447. The van der Waals surface area contributed by atoms with Crippen molar-refractivity contribution in [2.24, 2.45) is 0 Å². The normalized spacial score (nSPS) is 16.1. The largest absolute Gasteiger partial charge is 0.443 e. The Bertz CT molecular complexity index is 1110. The average Bonchev–Trinajstić information content (AvgIpc) is 2.84. The van der Waals surface area contributed by atoms with Crippen LogP contribution in [0.5, 0.6) is 0 Å². The third kappa shape index (κ3) is 5.45. The molecule has 6 heteroatoms. The summed E-state index contributed by atoms with van der Waals surface area (Å²) in [5.41, 5.74) is 1.70. The molecule has 1 aliphatic rings. The van der Waals surface area contributed by atoms with Gasteiger partial charge >= 0.3 is 6.09 Å². The molecule has 1 aromatic heterocycles. The lowest BCUT2D eigenvalue weighted by molar-refractivity contribution is 0.0595. The van der Waals surface area contributed by atoms with E-state index in [1.807, 2.05) is 98.5 Å². The van der Waals surface area contributed by atoms with E-state index in [-0.39, 0.29) is 11.9 Å². The van der Waals surface area contributed by atoms with E-state index in [4.69, 9.17) is 4.74 Å². The van der Waals surface area contributed by atoms with Crippen LogP contribution in [-0.2, 0) is 4.74 Å². The van der Waals surface area contributed by atoms with E-state index in [1.54, 1.807) is 6.20 Å². The number of rotatable bonds is 4. The van der Waals surface area contributed by atoms with Gasteiger partial charge in [-0.3, -0.25) is 4.79 Å². The van der Waals surface area contributed by atoms with Crippen LogP contribution < -0.4 is 4.90 Å². The Morgan fingerprint density at radius 1 is 0.941 bits per heavy atom. The van der Waals surface area contributed by atoms with Gasteiger partial charge in [-0.15, -0.1) is 0 Å². The zero-order chi connectivity index (χ0) is 24.1. The summed E-state index contributed by atoms with van der Waals surface area (Å²) in [7, 11) is 0. The molecule has 2 heterocycles. The SMILES string of the molecule is CC(C)(C)OC(=O)N(c1ccccc1)c1ccc([C@H]2CCCCN2C(=O)c2ccccc2)cn1. The third-order valence-electron chi connectivity index (χ3n) is 5.76. The fourth-order valence-corrected chi connectivity index (χ4v) is 4.21. The Hall–Kier alpha value is -3.67. The minimum Gasteiger partial charge on any atom is -0.443 e. The number of piperidine rings is 1. The first-order valence-electron chi connectivity index (χ1n) is 11.7. The Morgan fingerprint density at radius 3 is 2.24 bits per heavy atom. The van der Waals surface area contributed by atoms with Crippen LogP contribution in [0.15, 0.2) is 79.0 Å². The summed E-state index contributed by atoms with van der Waals surface area (Å²) in [5, 5.41) is 0. The maximum Gasteiger partial charge on any atom is 0.420 e. The summed E-state index contributed by atoms with van der Waals surface area (Å²) in [6.45, 7) is 6.23. The highest BCUT2D eigenvalue weighted by Crippen LogP contribution is 2.33. The highest BCUT2D eigenvalue weighted by Gasteiger charge is 2.30. The molecule has 1 atom stereocenters. The molecule has 34 heavy (non-hydrogen) atoms. The van der Waals surface area contributed by atoms with Crippen LogP contribution in [0.25, 0.3) is 0 Å². The van der Waals surface area contributed by atoms with E-state index in [2.05, 4.69) is 4.98 Å². The van der Waals surface area contributed by atoms with Gasteiger partial charge in [-0.1, -0.05) is 42.5 Å². The molecule has 0 bridgehead atoms. The first-order valence-corrected chi connectivity index (χ1v) is 11.7. The minimum absolute atomic E-state index is 0.0362. The van der Waals surface area contributed by atoms with Crippen molar-refractivity contribution in [1.82, 2.24) is 9.88 Å². The molecular weight excluding hydrogens is 426 g/mol. The summed E-state index contributed by atoms with van der Waals surface area (Å²) in [6.07, 6.45) is 4.21. The lowest BCUT2D eigenvalue weighted by Gasteiger charge is -2.36. The molecule has 0 N–H and O–H groups in total. The van der Waals surface area contributed by atoms with Gasteiger partial charge < -0.3 is 9.64 Å². The molecule has 0 saturated carbocycles. The number of hydrogen-bond donors (Lipinski definition) is 0. The molecular formula is C28H31N3O3. The van der Waals surface area contributed by atoms with Crippen LogP contribution in [-0.4, -0.2) is 34.0 Å². The number of likely N-dealkylation sites (tertiary alicyclic amines) is 1. The van der Waals surface area contributed by atoms with Crippen molar-refractivity contribution in [2.75, 3.05) is 11.4 Å². The zero-order valence-corrected chi connectivity index (χ0v) is 20.0. The monoisotopic (exact) mass is 457 g/mol. The van der Waals surface area contributed by atoms with Gasteiger partial charge in [-0.2, -0.15) is 0 Å². The summed E-state index contributed by atoms with van der Waals surface area (Å²) >= 11 is 0. The molecule has 2 amide bonds. The molecule has 0 spiro atoms. The number of ether oxygens (including phenoxy) is 1. The lowest BCUT2D eigenvalue weighted by atomic mass is 9.95. The predicted octanol–water partition coefficient (Wildman–Crippen LogP) is 6.52. The lowest BCUT2D eigenvalue weighted by Crippen LogP contribution is -2.38. The van der Waals surface area contributed by atoms with Crippen molar-refractivity contribution in [3.05, 3.63) is 90.1 Å². The number of benzene rings is 2. The summed E-state index contributed by atoms with van der Waals surface area (Å²) in [6, 6.07) is 22.5. The number of anilines is 2. The number of carbonyl (C=O) groups is 2. The van der Waals surface area contributed by atoms with Crippen molar-refractivity contribution in [1.29, 1.82) is 0 Å².